The molecule has 0 radical (unpaired) electrons. The molecule has 0 amide bonds. The highest BCUT2D eigenvalue weighted by Gasteiger charge is 2.23. The number of nitrogens with one attached hydrogen (secondary N) is 2. The van der Waals surface area contributed by atoms with Gasteiger partial charge in [0.25, 0.3) is 0 Å². The summed E-state index contributed by atoms with van der Waals surface area (Å²) in [5.41, 5.74) is 1.18. The minimum absolute atomic E-state index is 0.408. The summed E-state index contributed by atoms with van der Waals surface area (Å²) in [4.78, 5) is 6.63. The molecule has 2 N–H and O–H groups in total. The molecule has 0 aliphatic carbocycles. The Labute approximate surface area is 133 Å². The second-order valence-corrected chi connectivity index (χ2v) is 6.45. The largest absolute Gasteiger partial charge is 0.375 e. The predicted molar refractivity (Wildman–Crippen MR) is 87.8 cm³/mol. The third kappa shape index (κ3) is 5.02. The van der Waals surface area contributed by atoms with Crippen LogP contribution in [0.25, 0.3) is 0 Å². The van der Waals surface area contributed by atoms with E-state index in [0.717, 1.165) is 26.2 Å². The number of hydrogen-bond acceptors (Lipinski definition) is 5. The summed E-state index contributed by atoms with van der Waals surface area (Å²) in [6, 6.07) is 4.96. The van der Waals surface area contributed by atoms with Gasteiger partial charge >= 0.3 is 0 Å². The Morgan fingerprint density at radius 1 is 1.09 bits per heavy atom. The summed E-state index contributed by atoms with van der Waals surface area (Å²) in [6.45, 7) is 7.17. The lowest BCUT2D eigenvalue weighted by Gasteiger charge is -2.36. The Morgan fingerprint density at radius 3 is 2.68 bits per heavy atom. The lowest BCUT2D eigenvalue weighted by Crippen LogP contribution is -2.60. The van der Waals surface area contributed by atoms with Gasteiger partial charge in [0.05, 0.1) is 13.2 Å². The highest BCUT2D eigenvalue weighted by Crippen LogP contribution is 2.10. The van der Waals surface area contributed by atoms with E-state index in [2.05, 4.69) is 20.5 Å². The van der Waals surface area contributed by atoms with Crippen molar-refractivity contribution in [3.8, 4) is 0 Å². The average molecular weight is 304 g/mol. The van der Waals surface area contributed by atoms with Crippen LogP contribution in [0.15, 0.2) is 24.5 Å². The number of piperidine rings is 1. The number of rotatable bonds is 6. The summed E-state index contributed by atoms with van der Waals surface area (Å²) < 4.78 is 5.85. The van der Waals surface area contributed by atoms with Gasteiger partial charge in [-0.25, -0.2) is 0 Å². The van der Waals surface area contributed by atoms with Gasteiger partial charge in [0.1, 0.15) is 0 Å². The molecule has 0 unspecified atom stereocenters. The molecule has 1 aromatic rings. The highest BCUT2D eigenvalue weighted by molar-refractivity contribution is 5.07. The summed E-state index contributed by atoms with van der Waals surface area (Å²) in [6.07, 6.45) is 7.75. The van der Waals surface area contributed by atoms with Crippen molar-refractivity contribution in [3.63, 3.8) is 0 Å². The van der Waals surface area contributed by atoms with Crippen molar-refractivity contribution in [3.05, 3.63) is 30.1 Å². The third-order valence-electron chi connectivity index (χ3n) is 4.52. The fourth-order valence-corrected chi connectivity index (χ4v) is 3.36. The molecule has 0 spiro atoms. The average Bonchev–Trinajstić information content (AvgIpc) is 2.57. The van der Waals surface area contributed by atoms with Crippen molar-refractivity contribution in [2.45, 2.75) is 38.0 Å². The molecule has 122 valence electrons. The molecule has 2 atom stereocenters. The van der Waals surface area contributed by atoms with E-state index in [1.165, 1.54) is 37.9 Å². The van der Waals surface area contributed by atoms with Crippen LogP contribution in [0.3, 0.4) is 0 Å². The van der Waals surface area contributed by atoms with Crippen molar-refractivity contribution >= 4 is 0 Å². The molecule has 3 rings (SSSR count). The summed E-state index contributed by atoms with van der Waals surface area (Å²) in [5, 5.41) is 7.29. The Kier molecular flexibility index (Phi) is 6.19. The maximum atomic E-state index is 5.85. The van der Waals surface area contributed by atoms with Gasteiger partial charge in [-0.15, -0.1) is 0 Å². The Balaban J connectivity index is 1.37. The summed E-state index contributed by atoms with van der Waals surface area (Å²) in [7, 11) is 0. The van der Waals surface area contributed by atoms with Crippen molar-refractivity contribution in [2.75, 3.05) is 39.3 Å². The number of piperazine rings is 1. The van der Waals surface area contributed by atoms with E-state index in [9.17, 15) is 0 Å². The molecular weight excluding hydrogens is 276 g/mol. The second kappa shape index (κ2) is 8.58. The number of aromatic nitrogens is 1. The first-order chi connectivity index (χ1) is 10.9. The Hall–Kier alpha value is -1.01. The quantitative estimate of drug-likeness (QED) is 0.821. The first-order valence-electron chi connectivity index (χ1n) is 8.56. The molecule has 5 heteroatoms. The molecule has 0 saturated carbocycles. The Morgan fingerprint density at radius 2 is 1.86 bits per heavy atom. The van der Waals surface area contributed by atoms with Crippen LogP contribution in [0, 0.1) is 0 Å². The van der Waals surface area contributed by atoms with Crippen LogP contribution in [-0.4, -0.2) is 61.3 Å². The molecule has 2 aliphatic heterocycles. The van der Waals surface area contributed by atoms with E-state index >= 15 is 0 Å². The molecule has 5 nitrogen and oxygen atoms in total. The number of likely N-dealkylation sites (tertiary alicyclic amines) is 1. The molecule has 22 heavy (non-hydrogen) atoms. The standard InChI is InChI=1S/C17H28N4O/c1-2-8-21(9-3-1)12-16-10-19-11-17(20-16)14-22-13-15-4-6-18-7-5-15/h4-7,16-17,19-20H,1-3,8-14H2/t16-,17+/m0/s1. The van der Waals surface area contributed by atoms with E-state index in [1.54, 1.807) is 0 Å². The van der Waals surface area contributed by atoms with Gasteiger partial charge in [-0.3, -0.25) is 4.98 Å². The summed E-state index contributed by atoms with van der Waals surface area (Å²) >= 11 is 0. The van der Waals surface area contributed by atoms with Crippen LogP contribution >= 0.6 is 0 Å². The van der Waals surface area contributed by atoms with E-state index in [-0.39, 0.29) is 0 Å². The molecule has 2 fully saturated rings. The molecule has 2 aliphatic rings. The van der Waals surface area contributed by atoms with Gasteiger partial charge in [-0.05, 0) is 43.6 Å². The third-order valence-corrected chi connectivity index (χ3v) is 4.52. The Bertz CT molecular complexity index is 422. The molecule has 1 aromatic heterocycles. The molecule has 0 aromatic carbocycles. The number of hydrogen-bond donors (Lipinski definition) is 2. The van der Waals surface area contributed by atoms with E-state index < -0.39 is 0 Å². The van der Waals surface area contributed by atoms with Crippen LogP contribution in [0.4, 0.5) is 0 Å². The number of nitrogens with zero attached hydrogens (tertiary/aromatic N) is 2. The molecule has 2 saturated heterocycles. The van der Waals surface area contributed by atoms with Crippen LogP contribution in [0.5, 0.6) is 0 Å². The number of pyridine rings is 1. The van der Waals surface area contributed by atoms with Crippen LogP contribution < -0.4 is 10.6 Å². The normalized spacial score (nSPS) is 26.9. The lowest BCUT2D eigenvalue weighted by molar-refractivity contribution is 0.0832. The smallest absolute Gasteiger partial charge is 0.0718 e. The predicted octanol–water partition coefficient (Wildman–Crippen LogP) is 1.01. The highest BCUT2D eigenvalue weighted by atomic mass is 16.5. The van der Waals surface area contributed by atoms with E-state index in [1.807, 2.05) is 24.5 Å². The zero-order valence-corrected chi connectivity index (χ0v) is 13.3. The maximum absolute atomic E-state index is 5.85. The van der Waals surface area contributed by atoms with Gasteiger partial charge in [-0.1, -0.05) is 6.42 Å². The van der Waals surface area contributed by atoms with Crippen LogP contribution in [0.1, 0.15) is 24.8 Å². The van der Waals surface area contributed by atoms with Gasteiger partial charge in [0, 0.05) is 44.1 Å². The maximum Gasteiger partial charge on any atom is 0.0718 e. The van der Waals surface area contributed by atoms with Crippen LogP contribution in [-0.2, 0) is 11.3 Å². The first-order valence-corrected chi connectivity index (χ1v) is 8.56. The summed E-state index contributed by atoms with van der Waals surface area (Å²) in [5.74, 6) is 0. The monoisotopic (exact) mass is 304 g/mol. The number of ether oxygens (including phenoxy) is 1. The minimum atomic E-state index is 0.408. The zero-order valence-electron chi connectivity index (χ0n) is 13.3. The zero-order chi connectivity index (χ0) is 15.0. The van der Waals surface area contributed by atoms with Crippen molar-refractivity contribution < 1.29 is 4.74 Å². The topological polar surface area (TPSA) is 49.4 Å². The molecular formula is C17H28N4O. The first kappa shape index (κ1) is 15.9. The molecule has 0 bridgehead atoms. The van der Waals surface area contributed by atoms with E-state index in [0.29, 0.717) is 18.7 Å². The van der Waals surface area contributed by atoms with Crippen molar-refractivity contribution in [1.29, 1.82) is 0 Å². The molecule has 3 heterocycles. The van der Waals surface area contributed by atoms with Gasteiger partial charge in [-0.2, -0.15) is 0 Å². The van der Waals surface area contributed by atoms with Gasteiger partial charge in [0.2, 0.25) is 0 Å². The van der Waals surface area contributed by atoms with Crippen molar-refractivity contribution in [2.24, 2.45) is 0 Å². The van der Waals surface area contributed by atoms with Crippen LogP contribution in [0.2, 0.25) is 0 Å². The van der Waals surface area contributed by atoms with Crippen molar-refractivity contribution in [1.82, 2.24) is 20.5 Å². The SMILES string of the molecule is c1cc(COC[C@H]2CNC[C@@H](CN3CCCCC3)N2)ccn1. The van der Waals surface area contributed by atoms with E-state index in [4.69, 9.17) is 4.74 Å². The fourth-order valence-electron chi connectivity index (χ4n) is 3.36. The minimum Gasteiger partial charge on any atom is -0.375 e. The second-order valence-electron chi connectivity index (χ2n) is 6.45. The van der Waals surface area contributed by atoms with Gasteiger partial charge < -0.3 is 20.3 Å². The van der Waals surface area contributed by atoms with Gasteiger partial charge in [0.15, 0.2) is 0 Å². The fraction of sp³-hybridized carbons (Fsp3) is 0.706. The lowest BCUT2D eigenvalue weighted by atomic mass is 10.1.